The van der Waals surface area contributed by atoms with Gasteiger partial charge in [-0.1, -0.05) is 17.7 Å². The zero-order valence-electron chi connectivity index (χ0n) is 16.3. The number of thiophene rings is 2. The minimum absolute atomic E-state index is 0.00130. The molecule has 4 rings (SSSR count). The minimum Gasteiger partial charge on any atom is -0.461 e. The predicted molar refractivity (Wildman–Crippen MR) is 123 cm³/mol. The molecule has 31 heavy (non-hydrogen) atoms. The highest BCUT2D eigenvalue weighted by Gasteiger charge is 2.23. The Bertz CT molecular complexity index is 1310. The Labute approximate surface area is 189 Å². The lowest BCUT2D eigenvalue weighted by molar-refractivity contribution is -0.115. The van der Waals surface area contributed by atoms with Crippen molar-refractivity contribution in [1.29, 1.82) is 0 Å². The summed E-state index contributed by atoms with van der Waals surface area (Å²) in [6.07, 6.45) is 0.193. The second-order valence-electron chi connectivity index (χ2n) is 6.42. The number of esters is 1. The summed E-state index contributed by atoms with van der Waals surface area (Å²) in [5, 5.41) is 12.0. The number of hydrogen-bond acceptors (Lipinski definition) is 7. The van der Waals surface area contributed by atoms with E-state index in [-0.39, 0.29) is 30.0 Å². The first-order valence-corrected chi connectivity index (χ1v) is 11.4. The zero-order chi connectivity index (χ0) is 22.0. The molecule has 0 aliphatic rings. The van der Waals surface area contributed by atoms with Crippen molar-refractivity contribution in [2.75, 3.05) is 11.9 Å². The highest BCUT2D eigenvalue weighted by Crippen LogP contribution is 2.31. The van der Waals surface area contributed by atoms with Gasteiger partial charge in [0.25, 0.3) is 5.56 Å². The SMILES string of the molecule is CCOC(=O)c1nn(-c2ccc(Cl)cc2)c(=O)c2c(NC(=O)Cc3cccs3)scc12. The summed E-state index contributed by atoms with van der Waals surface area (Å²) < 4.78 is 6.24. The highest BCUT2D eigenvalue weighted by atomic mass is 35.5. The fourth-order valence-corrected chi connectivity index (χ4v) is 4.77. The maximum absolute atomic E-state index is 13.3. The number of carbonyl (C=O) groups excluding carboxylic acids is 2. The van der Waals surface area contributed by atoms with Crippen LogP contribution in [-0.2, 0) is 16.0 Å². The van der Waals surface area contributed by atoms with Crippen molar-refractivity contribution < 1.29 is 14.3 Å². The second kappa shape index (κ2) is 9.01. The van der Waals surface area contributed by atoms with Crippen LogP contribution in [0.3, 0.4) is 0 Å². The molecule has 3 heterocycles. The molecule has 0 radical (unpaired) electrons. The number of hydrogen-bond donors (Lipinski definition) is 1. The number of halogens is 1. The van der Waals surface area contributed by atoms with Crippen LogP contribution >= 0.6 is 34.3 Å². The Morgan fingerprint density at radius 2 is 1.97 bits per heavy atom. The molecule has 0 aliphatic heterocycles. The van der Waals surface area contributed by atoms with Gasteiger partial charge in [0.1, 0.15) is 5.00 Å². The van der Waals surface area contributed by atoms with Gasteiger partial charge in [-0.05, 0) is 42.6 Å². The predicted octanol–water partition coefficient (Wildman–Crippen LogP) is 4.52. The average molecular weight is 474 g/mol. The summed E-state index contributed by atoms with van der Waals surface area (Å²) in [4.78, 5) is 39.3. The largest absolute Gasteiger partial charge is 0.461 e. The Morgan fingerprint density at radius 3 is 2.65 bits per heavy atom. The maximum atomic E-state index is 13.3. The van der Waals surface area contributed by atoms with E-state index in [1.54, 1.807) is 36.6 Å². The molecule has 0 saturated heterocycles. The van der Waals surface area contributed by atoms with Crippen molar-refractivity contribution in [2.45, 2.75) is 13.3 Å². The Hall–Kier alpha value is -3.01. The van der Waals surface area contributed by atoms with Crippen molar-refractivity contribution in [1.82, 2.24) is 9.78 Å². The van der Waals surface area contributed by atoms with Gasteiger partial charge in [-0.3, -0.25) is 9.59 Å². The summed E-state index contributed by atoms with van der Waals surface area (Å²) in [5.74, 6) is -0.900. The lowest BCUT2D eigenvalue weighted by Gasteiger charge is -2.10. The van der Waals surface area contributed by atoms with Crippen molar-refractivity contribution in [2.24, 2.45) is 0 Å². The monoisotopic (exact) mass is 473 g/mol. The van der Waals surface area contributed by atoms with Crippen LogP contribution in [0.15, 0.2) is 52.0 Å². The van der Waals surface area contributed by atoms with E-state index >= 15 is 0 Å². The van der Waals surface area contributed by atoms with E-state index in [4.69, 9.17) is 16.3 Å². The van der Waals surface area contributed by atoms with Crippen molar-refractivity contribution in [3.05, 3.63) is 73.1 Å². The van der Waals surface area contributed by atoms with Gasteiger partial charge >= 0.3 is 5.97 Å². The standard InChI is InChI=1S/C21H16ClN3O4S2/c1-2-29-21(28)18-15-11-31-19(23-16(26)10-14-4-3-9-30-14)17(15)20(27)25(24-18)13-7-5-12(22)6-8-13/h3-9,11H,2,10H2,1H3,(H,23,26). The summed E-state index contributed by atoms with van der Waals surface area (Å²) >= 11 is 8.59. The molecule has 1 amide bonds. The number of fused-ring (bicyclic) bond motifs is 1. The van der Waals surface area contributed by atoms with E-state index in [0.717, 1.165) is 20.9 Å². The van der Waals surface area contributed by atoms with Gasteiger partial charge in [0.2, 0.25) is 5.91 Å². The van der Waals surface area contributed by atoms with Gasteiger partial charge in [-0.15, -0.1) is 22.7 Å². The molecule has 158 valence electrons. The van der Waals surface area contributed by atoms with E-state index in [0.29, 0.717) is 21.1 Å². The van der Waals surface area contributed by atoms with E-state index < -0.39 is 11.5 Å². The molecule has 0 atom stereocenters. The number of rotatable bonds is 6. The molecule has 1 N–H and O–H groups in total. The van der Waals surface area contributed by atoms with E-state index in [9.17, 15) is 14.4 Å². The molecule has 7 nitrogen and oxygen atoms in total. The van der Waals surface area contributed by atoms with Crippen LogP contribution in [0.5, 0.6) is 0 Å². The fraction of sp³-hybridized carbons (Fsp3) is 0.143. The van der Waals surface area contributed by atoms with Gasteiger partial charge in [-0.25, -0.2) is 4.79 Å². The number of nitrogens with zero attached hydrogens (tertiary/aromatic N) is 2. The van der Waals surface area contributed by atoms with Crippen LogP contribution in [0, 0.1) is 0 Å². The van der Waals surface area contributed by atoms with Gasteiger partial charge in [0, 0.05) is 20.7 Å². The number of aromatic nitrogens is 2. The van der Waals surface area contributed by atoms with Gasteiger partial charge in [0.05, 0.1) is 24.1 Å². The van der Waals surface area contributed by atoms with E-state index in [2.05, 4.69) is 10.4 Å². The topological polar surface area (TPSA) is 90.3 Å². The van der Waals surface area contributed by atoms with Crippen LogP contribution in [0.2, 0.25) is 5.02 Å². The molecule has 0 aliphatic carbocycles. The fourth-order valence-electron chi connectivity index (χ4n) is 2.99. The van der Waals surface area contributed by atoms with Gasteiger partial charge < -0.3 is 10.1 Å². The third kappa shape index (κ3) is 4.39. The smallest absolute Gasteiger partial charge is 0.359 e. The summed E-state index contributed by atoms with van der Waals surface area (Å²) in [5.41, 5.74) is -0.0247. The molecule has 0 spiro atoms. The highest BCUT2D eigenvalue weighted by molar-refractivity contribution is 7.16. The van der Waals surface area contributed by atoms with Gasteiger partial charge in [-0.2, -0.15) is 9.78 Å². The average Bonchev–Trinajstić information content (AvgIpc) is 3.40. The number of benzene rings is 1. The van der Waals surface area contributed by atoms with Crippen LogP contribution < -0.4 is 10.9 Å². The van der Waals surface area contributed by atoms with E-state index in [1.165, 1.54) is 11.3 Å². The van der Waals surface area contributed by atoms with E-state index in [1.807, 2.05) is 17.5 Å². The van der Waals surface area contributed by atoms with Crippen molar-refractivity contribution in [3.63, 3.8) is 0 Å². The molecule has 0 saturated carbocycles. The molecule has 10 heteroatoms. The number of nitrogens with one attached hydrogen (secondary N) is 1. The molecule has 3 aromatic heterocycles. The molecule has 0 bridgehead atoms. The first kappa shape index (κ1) is 21.2. The molecule has 0 unspecified atom stereocenters. The minimum atomic E-state index is -0.649. The van der Waals surface area contributed by atoms with Crippen LogP contribution in [-0.4, -0.2) is 28.3 Å². The number of ether oxygens (including phenoxy) is 1. The first-order chi connectivity index (χ1) is 15.0. The third-order valence-corrected chi connectivity index (χ3v) is 6.38. The van der Waals surface area contributed by atoms with Crippen LogP contribution in [0.4, 0.5) is 5.00 Å². The number of amides is 1. The molecular weight excluding hydrogens is 458 g/mol. The van der Waals surface area contributed by atoms with Crippen LogP contribution in [0.1, 0.15) is 22.3 Å². The Balaban J connectivity index is 1.83. The Morgan fingerprint density at radius 1 is 1.19 bits per heavy atom. The third-order valence-electron chi connectivity index (χ3n) is 4.36. The lowest BCUT2D eigenvalue weighted by Crippen LogP contribution is -2.25. The summed E-state index contributed by atoms with van der Waals surface area (Å²) in [7, 11) is 0. The number of anilines is 1. The zero-order valence-corrected chi connectivity index (χ0v) is 18.6. The summed E-state index contributed by atoms with van der Waals surface area (Å²) in [6, 6.07) is 10.2. The number of carbonyl (C=O) groups is 2. The quantitative estimate of drug-likeness (QED) is 0.416. The summed E-state index contributed by atoms with van der Waals surface area (Å²) in [6.45, 7) is 1.85. The normalized spacial score (nSPS) is 10.9. The molecular formula is C21H16ClN3O4S2. The molecule has 1 aromatic carbocycles. The van der Waals surface area contributed by atoms with Crippen molar-refractivity contribution >= 4 is 61.9 Å². The second-order valence-corrected chi connectivity index (χ2v) is 8.77. The lowest BCUT2D eigenvalue weighted by atomic mass is 10.2. The molecule has 4 aromatic rings. The Kier molecular flexibility index (Phi) is 6.17. The maximum Gasteiger partial charge on any atom is 0.359 e. The van der Waals surface area contributed by atoms with Crippen molar-refractivity contribution in [3.8, 4) is 5.69 Å². The first-order valence-electron chi connectivity index (χ1n) is 9.27. The van der Waals surface area contributed by atoms with Crippen LogP contribution in [0.25, 0.3) is 16.5 Å². The molecule has 0 fully saturated rings. The van der Waals surface area contributed by atoms with Gasteiger partial charge in [0.15, 0.2) is 5.69 Å².